The van der Waals surface area contributed by atoms with E-state index >= 15 is 0 Å². The highest BCUT2D eigenvalue weighted by atomic mass is 35.5. The van der Waals surface area contributed by atoms with Crippen LogP contribution in [-0.2, 0) is 9.59 Å². The molecule has 3 saturated carbocycles. The predicted octanol–water partition coefficient (Wildman–Crippen LogP) is 5.08. The number of allylic oxidation sites excluding steroid dienone is 1. The number of Topliss-reactive ketones (excluding diaryl/α,β-unsaturated/α-hetero) is 1. The number of carbonyl (C=O) groups is 2. The third-order valence-corrected chi connectivity index (χ3v) is 9.50. The maximum absolute atomic E-state index is 12.3. The predicted molar refractivity (Wildman–Crippen MR) is 96.0 cm³/mol. The molecule has 0 saturated heterocycles. The van der Waals surface area contributed by atoms with Gasteiger partial charge in [0.2, 0.25) is 0 Å². The van der Waals surface area contributed by atoms with Crippen LogP contribution in [0.15, 0.2) is 11.6 Å². The van der Waals surface area contributed by atoms with Gasteiger partial charge < -0.3 is 0 Å². The monoisotopic (exact) mass is 348 g/mol. The molecule has 0 aromatic heterocycles. The van der Waals surface area contributed by atoms with Crippen LogP contribution < -0.4 is 0 Å². The van der Waals surface area contributed by atoms with Gasteiger partial charge in [0, 0.05) is 6.42 Å². The molecule has 0 radical (unpaired) electrons. The van der Waals surface area contributed by atoms with Gasteiger partial charge in [0.15, 0.2) is 11.6 Å². The second-order valence-corrected chi connectivity index (χ2v) is 9.97. The Bertz CT molecular complexity index is 638. The first-order valence-electron chi connectivity index (χ1n) is 9.66. The fourth-order valence-electron chi connectivity index (χ4n) is 7.12. The van der Waals surface area contributed by atoms with E-state index in [0.29, 0.717) is 30.0 Å². The van der Waals surface area contributed by atoms with Gasteiger partial charge in [0.25, 0.3) is 0 Å². The molecule has 0 aromatic carbocycles. The van der Waals surface area contributed by atoms with Crippen LogP contribution in [0.3, 0.4) is 0 Å². The number of fused-ring (bicyclic) bond motifs is 5. The molecular formula is C21H29ClO2. The molecule has 0 aromatic rings. The van der Waals surface area contributed by atoms with Crippen LogP contribution >= 0.6 is 11.6 Å². The lowest BCUT2D eigenvalue weighted by Crippen LogP contribution is -2.55. The van der Waals surface area contributed by atoms with Crippen molar-refractivity contribution in [3.63, 3.8) is 0 Å². The van der Waals surface area contributed by atoms with Gasteiger partial charge in [-0.1, -0.05) is 19.4 Å². The Morgan fingerprint density at radius 3 is 2.50 bits per heavy atom. The minimum atomic E-state index is -0.651. The van der Waals surface area contributed by atoms with Crippen LogP contribution in [0.1, 0.15) is 72.1 Å². The highest BCUT2D eigenvalue weighted by molar-refractivity contribution is 6.35. The SMILES string of the molecule is CC(=O)[C@@]1(Cl)CC[C@H]2[C@@H]3CCC4=CC(=O)CC[C@]4(C)[C@H]3CC[C@@]21C. The van der Waals surface area contributed by atoms with Gasteiger partial charge in [-0.15, -0.1) is 11.6 Å². The molecular weight excluding hydrogens is 320 g/mol. The summed E-state index contributed by atoms with van der Waals surface area (Å²) in [6, 6.07) is 0. The number of hydrogen-bond donors (Lipinski definition) is 0. The van der Waals surface area contributed by atoms with E-state index in [1.807, 2.05) is 6.08 Å². The van der Waals surface area contributed by atoms with E-state index in [2.05, 4.69) is 13.8 Å². The van der Waals surface area contributed by atoms with Gasteiger partial charge >= 0.3 is 0 Å². The first kappa shape index (κ1) is 16.8. The van der Waals surface area contributed by atoms with Crippen LogP contribution in [0.25, 0.3) is 0 Å². The molecule has 4 aliphatic carbocycles. The number of hydrogen-bond acceptors (Lipinski definition) is 2. The zero-order valence-electron chi connectivity index (χ0n) is 15.2. The first-order chi connectivity index (χ1) is 11.2. The second-order valence-electron chi connectivity index (χ2n) is 9.32. The minimum absolute atomic E-state index is 0.0520. The molecule has 2 nitrogen and oxygen atoms in total. The normalized spacial score (nSPS) is 50.6. The van der Waals surface area contributed by atoms with Gasteiger partial charge in [-0.05, 0) is 86.5 Å². The Hall–Kier alpha value is -0.630. The average molecular weight is 349 g/mol. The smallest absolute Gasteiger partial charge is 0.155 e. The summed E-state index contributed by atoms with van der Waals surface area (Å²) < 4.78 is 0. The Morgan fingerprint density at radius 2 is 1.79 bits per heavy atom. The molecule has 24 heavy (non-hydrogen) atoms. The Morgan fingerprint density at radius 1 is 1.08 bits per heavy atom. The fourth-order valence-corrected chi connectivity index (χ4v) is 7.47. The molecule has 4 aliphatic rings. The third kappa shape index (κ3) is 1.95. The van der Waals surface area contributed by atoms with Gasteiger partial charge in [-0.3, -0.25) is 9.59 Å². The first-order valence-corrected chi connectivity index (χ1v) is 10.0. The summed E-state index contributed by atoms with van der Waals surface area (Å²) in [6.07, 6.45) is 10.1. The van der Waals surface area contributed by atoms with Crippen molar-refractivity contribution in [2.75, 3.05) is 0 Å². The summed E-state index contributed by atoms with van der Waals surface area (Å²) in [6.45, 7) is 6.37. The van der Waals surface area contributed by atoms with E-state index in [-0.39, 0.29) is 16.6 Å². The van der Waals surface area contributed by atoms with Gasteiger partial charge in [0.05, 0.1) is 0 Å². The highest BCUT2D eigenvalue weighted by Gasteiger charge is 2.65. The number of ketones is 2. The van der Waals surface area contributed by atoms with E-state index in [1.54, 1.807) is 6.92 Å². The van der Waals surface area contributed by atoms with Crippen molar-refractivity contribution in [3.8, 4) is 0 Å². The van der Waals surface area contributed by atoms with Crippen molar-refractivity contribution in [1.82, 2.24) is 0 Å². The van der Waals surface area contributed by atoms with Crippen molar-refractivity contribution in [3.05, 3.63) is 11.6 Å². The summed E-state index contributed by atoms with van der Waals surface area (Å²) in [5.74, 6) is 2.37. The largest absolute Gasteiger partial charge is 0.298 e. The van der Waals surface area contributed by atoms with Crippen molar-refractivity contribution in [1.29, 1.82) is 0 Å². The van der Waals surface area contributed by atoms with E-state index in [0.717, 1.165) is 38.5 Å². The summed E-state index contributed by atoms with van der Waals surface area (Å²) in [5, 5.41) is 0. The van der Waals surface area contributed by atoms with Gasteiger partial charge in [-0.25, -0.2) is 0 Å². The molecule has 0 N–H and O–H groups in total. The van der Waals surface area contributed by atoms with Crippen molar-refractivity contribution < 1.29 is 9.59 Å². The topological polar surface area (TPSA) is 34.1 Å². The van der Waals surface area contributed by atoms with Crippen LogP contribution in [0.2, 0.25) is 0 Å². The lowest BCUT2D eigenvalue weighted by molar-refractivity contribution is -0.126. The summed E-state index contributed by atoms with van der Waals surface area (Å²) in [7, 11) is 0. The maximum atomic E-state index is 12.3. The lowest BCUT2D eigenvalue weighted by Gasteiger charge is -2.58. The molecule has 0 bridgehead atoms. The summed E-state index contributed by atoms with van der Waals surface area (Å²) in [4.78, 5) is 23.6. The summed E-state index contributed by atoms with van der Waals surface area (Å²) in [5.41, 5.74) is 1.56. The number of carbonyl (C=O) groups excluding carboxylic acids is 2. The van der Waals surface area contributed by atoms with Crippen LogP contribution in [-0.4, -0.2) is 16.4 Å². The zero-order chi connectivity index (χ0) is 17.3. The standard InChI is InChI=1S/C21H29ClO2/c1-13(23)21(22)11-8-18-16-5-4-14-12-15(24)6-9-19(14,2)17(16)7-10-20(18,21)3/h12,16-18H,4-11H2,1-3H3/t16-,17+,18+,19+,20+,21+/m1/s1. The number of alkyl halides is 1. The molecule has 132 valence electrons. The maximum Gasteiger partial charge on any atom is 0.155 e. The van der Waals surface area contributed by atoms with Crippen molar-refractivity contribution >= 4 is 23.2 Å². The lowest BCUT2D eigenvalue weighted by atomic mass is 9.46. The quantitative estimate of drug-likeness (QED) is 0.619. The second kappa shape index (κ2) is 5.19. The molecule has 3 fully saturated rings. The van der Waals surface area contributed by atoms with Crippen LogP contribution in [0, 0.1) is 28.6 Å². The molecule has 0 spiro atoms. The molecule has 0 unspecified atom stereocenters. The average Bonchev–Trinajstić information content (AvgIpc) is 2.81. The minimum Gasteiger partial charge on any atom is -0.298 e. The number of halogens is 1. The van der Waals surface area contributed by atoms with Crippen LogP contribution in [0.4, 0.5) is 0 Å². The molecule has 0 amide bonds. The van der Waals surface area contributed by atoms with E-state index in [4.69, 9.17) is 11.6 Å². The zero-order valence-corrected chi connectivity index (χ0v) is 15.9. The van der Waals surface area contributed by atoms with E-state index in [1.165, 1.54) is 12.0 Å². The molecule has 4 rings (SSSR count). The summed E-state index contributed by atoms with van der Waals surface area (Å²) >= 11 is 6.94. The van der Waals surface area contributed by atoms with Crippen molar-refractivity contribution in [2.45, 2.75) is 77.0 Å². The number of rotatable bonds is 1. The Labute approximate surface area is 150 Å². The Balaban J connectivity index is 1.70. The van der Waals surface area contributed by atoms with Crippen LogP contribution in [0.5, 0.6) is 0 Å². The molecule has 0 aliphatic heterocycles. The fraction of sp³-hybridized carbons (Fsp3) is 0.810. The molecule has 3 heteroatoms. The van der Waals surface area contributed by atoms with Crippen molar-refractivity contribution in [2.24, 2.45) is 28.6 Å². The highest BCUT2D eigenvalue weighted by Crippen LogP contribution is 2.68. The Kier molecular flexibility index (Phi) is 3.64. The van der Waals surface area contributed by atoms with E-state index < -0.39 is 4.87 Å². The van der Waals surface area contributed by atoms with E-state index in [9.17, 15) is 9.59 Å². The molecule has 6 atom stereocenters. The molecule has 0 heterocycles. The van der Waals surface area contributed by atoms with Gasteiger partial charge in [0.1, 0.15) is 4.87 Å². The third-order valence-electron chi connectivity index (χ3n) is 8.61. The van der Waals surface area contributed by atoms with Gasteiger partial charge in [-0.2, -0.15) is 0 Å².